The van der Waals surface area contributed by atoms with Gasteiger partial charge in [0.25, 0.3) is 0 Å². The molecule has 0 bridgehead atoms. The summed E-state index contributed by atoms with van der Waals surface area (Å²) in [5.74, 6) is 0. The van der Waals surface area contributed by atoms with Gasteiger partial charge < -0.3 is 10.6 Å². The molecule has 1 aromatic carbocycles. The van der Waals surface area contributed by atoms with Crippen LogP contribution in [0.1, 0.15) is 41.7 Å². The van der Waals surface area contributed by atoms with Gasteiger partial charge in [0.05, 0.1) is 0 Å². The smallest absolute Gasteiger partial charge is 0.0249 e. The van der Waals surface area contributed by atoms with Gasteiger partial charge in [0.2, 0.25) is 0 Å². The van der Waals surface area contributed by atoms with E-state index in [1.54, 1.807) is 0 Å². The Hall–Kier alpha value is -0.860. The third-order valence-electron chi connectivity index (χ3n) is 4.12. The van der Waals surface area contributed by atoms with E-state index in [1.807, 2.05) is 7.05 Å². The van der Waals surface area contributed by atoms with Crippen molar-refractivity contribution >= 4 is 0 Å². The quantitative estimate of drug-likeness (QED) is 0.823. The minimum atomic E-state index is 0.148. The third kappa shape index (κ3) is 4.32. The molecule has 0 saturated heterocycles. The fourth-order valence-electron chi connectivity index (χ4n) is 2.70. The van der Waals surface area contributed by atoms with Crippen molar-refractivity contribution in [2.24, 2.45) is 0 Å². The summed E-state index contributed by atoms with van der Waals surface area (Å²) in [6.45, 7) is 15.4. The van der Waals surface area contributed by atoms with Crippen LogP contribution in [0.3, 0.4) is 0 Å². The lowest BCUT2D eigenvalue weighted by Gasteiger charge is -2.26. The molecule has 0 spiro atoms. The maximum absolute atomic E-state index is 3.64. The second kappa shape index (κ2) is 6.53. The highest BCUT2D eigenvalue weighted by molar-refractivity contribution is 5.44. The summed E-state index contributed by atoms with van der Waals surface area (Å²) >= 11 is 0. The lowest BCUT2D eigenvalue weighted by Crippen LogP contribution is -2.47. The fraction of sp³-hybridized carbons (Fsp3) is 0.647. The molecule has 2 N–H and O–H groups in total. The maximum atomic E-state index is 3.64. The first kappa shape index (κ1) is 16.2. The Balaban J connectivity index is 2.74. The molecule has 0 amide bonds. The average Bonchev–Trinajstić information content (AvgIpc) is 2.31. The standard InChI is InChI=1S/C17H30N2/c1-12-10-13(2)15(4)16(14(12)3)8-9-19-17(5,6)11-18-7/h10,18-19H,8-9,11H2,1-7H3. The van der Waals surface area contributed by atoms with Gasteiger partial charge in [-0.3, -0.25) is 0 Å². The van der Waals surface area contributed by atoms with Crippen molar-refractivity contribution in [2.75, 3.05) is 20.1 Å². The van der Waals surface area contributed by atoms with E-state index in [1.165, 1.54) is 27.8 Å². The molecule has 2 nitrogen and oxygen atoms in total. The Morgan fingerprint density at radius 3 is 2.00 bits per heavy atom. The molecule has 0 saturated carbocycles. The Morgan fingerprint density at radius 2 is 1.53 bits per heavy atom. The SMILES string of the molecule is CNCC(C)(C)NCCc1c(C)c(C)cc(C)c1C. The van der Waals surface area contributed by atoms with E-state index in [0.717, 1.165) is 19.5 Å². The number of aryl methyl sites for hydroxylation is 2. The molecule has 0 heterocycles. The van der Waals surface area contributed by atoms with E-state index in [0.29, 0.717) is 0 Å². The average molecular weight is 262 g/mol. The highest BCUT2D eigenvalue weighted by atomic mass is 15.0. The van der Waals surface area contributed by atoms with Crippen LogP contribution in [-0.2, 0) is 6.42 Å². The normalized spacial score (nSPS) is 11.9. The zero-order valence-electron chi connectivity index (χ0n) is 13.7. The van der Waals surface area contributed by atoms with Gasteiger partial charge in [-0.05, 0) is 89.4 Å². The lowest BCUT2D eigenvalue weighted by molar-refractivity contribution is 0.378. The van der Waals surface area contributed by atoms with E-state index >= 15 is 0 Å². The van der Waals surface area contributed by atoms with Crippen molar-refractivity contribution < 1.29 is 0 Å². The van der Waals surface area contributed by atoms with Crippen molar-refractivity contribution in [3.8, 4) is 0 Å². The Morgan fingerprint density at radius 1 is 1.00 bits per heavy atom. The van der Waals surface area contributed by atoms with Crippen LogP contribution in [0.15, 0.2) is 6.07 Å². The largest absolute Gasteiger partial charge is 0.318 e. The van der Waals surface area contributed by atoms with Crippen LogP contribution in [0, 0.1) is 27.7 Å². The first-order valence-electron chi connectivity index (χ1n) is 7.24. The summed E-state index contributed by atoms with van der Waals surface area (Å²) in [5.41, 5.74) is 7.40. The molecule has 0 aliphatic rings. The third-order valence-corrected chi connectivity index (χ3v) is 4.12. The van der Waals surface area contributed by atoms with Gasteiger partial charge in [-0.1, -0.05) is 6.07 Å². The van der Waals surface area contributed by atoms with Crippen molar-refractivity contribution in [3.63, 3.8) is 0 Å². The molecule has 0 aliphatic heterocycles. The number of likely N-dealkylation sites (N-methyl/N-ethyl adjacent to an activating group) is 1. The highest BCUT2D eigenvalue weighted by Crippen LogP contribution is 2.22. The van der Waals surface area contributed by atoms with E-state index < -0.39 is 0 Å². The van der Waals surface area contributed by atoms with Gasteiger partial charge in [-0.25, -0.2) is 0 Å². The van der Waals surface area contributed by atoms with Crippen molar-refractivity contribution in [2.45, 2.75) is 53.5 Å². The van der Waals surface area contributed by atoms with Crippen molar-refractivity contribution in [3.05, 3.63) is 33.9 Å². The topological polar surface area (TPSA) is 24.1 Å². The molecule has 0 aromatic heterocycles. The highest BCUT2D eigenvalue weighted by Gasteiger charge is 2.15. The van der Waals surface area contributed by atoms with Gasteiger partial charge in [0.1, 0.15) is 0 Å². The van der Waals surface area contributed by atoms with Gasteiger partial charge in [-0.2, -0.15) is 0 Å². The van der Waals surface area contributed by atoms with E-state index in [9.17, 15) is 0 Å². The molecule has 0 atom stereocenters. The van der Waals surface area contributed by atoms with Crippen molar-refractivity contribution in [1.29, 1.82) is 0 Å². The summed E-state index contributed by atoms with van der Waals surface area (Å²) in [5, 5.41) is 6.87. The van der Waals surface area contributed by atoms with Gasteiger partial charge in [0.15, 0.2) is 0 Å². The van der Waals surface area contributed by atoms with Gasteiger partial charge in [-0.15, -0.1) is 0 Å². The summed E-state index contributed by atoms with van der Waals surface area (Å²) in [7, 11) is 2.00. The Kier molecular flexibility index (Phi) is 5.57. The van der Waals surface area contributed by atoms with Crippen LogP contribution < -0.4 is 10.6 Å². The minimum Gasteiger partial charge on any atom is -0.318 e. The van der Waals surface area contributed by atoms with Crippen LogP contribution in [0.4, 0.5) is 0 Å². The van der Waals surface area contributed by atoms with E-state index in [2.05, 4.69) is 58.2 Å². The number of rotatable bonds is 6. The number of nitrogens with one attached hydrogen (secondary N) is 2. The predicted octanol–water partition coefficient (Wildman–Crippen LogP) is 3.05. The van der Waals surface area contributed by atoms with Gasteiger partial charge in [0, 0.05) is 12.1 Å². The van der Waals surface area contributed by atoms with E-state index in [4.69, 9.17) is 0 Å². The molecule has 0 unspecified atom stereocenters. The van der Waals surface area contributed by atoms with Crippen molar-refractivity contribution in [1.82, 2.24) is 10.6 Å². The van der Waals surface area contributed by atoms with Crippen LogP contribution in [0.25, 0.3) is 0 Å². The molecule has 108 valence electrons. The molecule has 1 aromatic rings. The zero-order chi connectivity index (χ0) is 14.6. The Labute approximate surface area is 119 Å². The summed E-state index contributed by atoms with van der Waals surface area (Å²) in [6.07, 6.45) is 1.10. The monoisotopic (exact) mass is 262 g/mol. The van der Waals surface area contributed by atoms with Crippen LogP contribution in [-0.4, -0.2) is 25.7 Å². The maximum Gasteiger partial charge on any atom is 0.0249 e. The predicted molar refractivity (Wildman–Crippen MR) is 85.1 cm³/mol. The molecular formula is C17H30N2. The van der Waals surface area contributed by atoms with Gasteiger partial charge >= 0.3 is 0 Å². The molecule has 0 radical (unpaired) electrons. The summed E-state index contributed by atoms with van der Waals surface area (Å²) in [6, 6.07) is 2.30. The first-order valence-corrected chi connectivity index (χ1v) is 7.24. The van der Waals surface area contributed by atoms with Crippen LogP contribution >= 0.6 is 0 Å². The first-order chi connectivity index (χ1) is 8.78. The summed E-state index contributed by atoms with van der Waals surface area (Å²) < 4.78 is 0. The molecule has 0 fully saturated rings. The molecule has 19 heavy (non-hydrogen) atoms. The van der Waals surface area contributed by atoms with Crippen LogP contribution in [0.2, 0.25) is 0 Å². The Bertz CT molecular complexity index is 407. The zero-order valence-corrected chi connectivity index (χ0v) is 13.7. The number of benzene rings is 1. The minimum absolute atomic E-state index is 0.148. The fourth-order valence-corrected chi connectivity index (χ4v) is 2.70. The number of hydrogen-bond acceptors (Lipinski definition) is 2. The van der Waals surface area contributed by atoms with E-state index in [-0.39, 0.29) is 5.54 Å². The molecule has 1 rings (SSSR count). The number of hydrogen-bond donors (Lipinski definition) is 2. The molecular weight excluding hydrogens is 232 g/mol. The molecule has 2 heteroatoms. The molecule has 0 aliphatic carbocycles. The second-order valence-corrected chi connectivity index (χ2v) is 6.33. The second-order valence-electron chi connectivity index (χ2n) is 6.33. The lowest BCUT2D eigenvalue weighted by atomic mass is 9.92. The summed E-state index contributed by atoms with van der Waals surface area (Å²) in [4.78, 5) is 0. The van der Waals surface area contributed by atoms with Crippen LogP contribution in [0.5, 0.6) is 0 Å².